The van der Waals surface area contributed by atoms with E-state index in [0.717, 1.165) is 57.9 Å². The summed E-state index contributed by atoms with van der Waals surface area (Å²) in [4.78, 5) is 0. The van der Waals surface area contributed by atoms with Gasteiger partial charge in [0.25, 0.3) is 0 Å². The Morgan fingerprint density at radius 3 is 2.49 bits per heavy atom. The first-order chi connectivity index (χ1) is 16.8. The van der Waals surface area contributed by atoms with Crippen LogP contribution >= 0.6 is 0 Å². The zero-order valence-corrected chi connectivity index (χ0v) is 21.4. The second kappa shape index (κ2) is 9.30. The lowest BCUT2D eigenvalue weighted by Gasteiger charge is -2.31. The van der Waals surface area contributed by atoms with Gasteiger partial charge in [-0.05, 0) is 81.2 Å². The van der Waals surface area contributed by atoms with Crippen LogP contribution < -0.4 is 14.2 Å². The predicted molar refractivity (Wildman–Crippen MR) is 144 cm³/mol. The Morgan fingerprint density at radius 1 is 0.943 bits per heavy atom. The van der Waals surface area contributed by atoms with Crippen molar-refractivity contribution in [3.8, 4) is 17.2 Å². The molecule has 0 aliphatic carbocycles. The lowest BCUT2D eigenvalue weighted by atomic mass is 9.93. The van der Waals surface area contributed by atoms with Gasteiger partial charge in [0.1, 0.15) is 36.1 Å². The fraction of sp³-hybridized carbons (Fsp3) is 0.312. The first-order valence-electron chi connectivity index (χ1n) is 12.5. The molecule has 2 aliphatic rings. The minimum atomic E-state index is -0.314. The predicted octanol–water partition coefficient (Wildman–Crippen LogP) is 7.95. The van der Waals surface area contributed by atoms with Crippen LogP contribution in [-0.2, 0) is 13.0 Å². The third-order valence-corrected chi connectivity index (χ3v) is 6.65. The highest BCUT2D eigenvalue weighted by atomic mass is 16.5. The average Bonchev–Trinajstić information content (AvgIpc) is 2.83. The Hall–Kier alpha value is -3.46. The number of hydrogen-bond donors (Lipinski definition) is 0. The quantitative estimate of drug-likeness (QED) is 0.369. The maximum Gasteiger partial charge on any atom is 0.138 e. The molecule has 2 heterocycles. The zero-order valence-electron chi connectivity index (χ0n) is 21.4. The summed E-state index contributed by atoms with van der Waals surface area (Å²) >= 11 is 0. The van der Waals surface area contributed by atoms with Gasteiger partial charge in [0.05, 0.1) is 5.56 Å². The molecule has 0 unspecified atom stereocenters. The molecular weight excluding hydrogens is 432 g/mol. The Kier molecular flexibility index (Phi) is 6.19. The number of ether oxygens (including phenoxy) is 3. The van der Waals surface area contributed by atoms with E-state index in [2.05, 4.69) is 101 Å². The Bertz CT molecular complexity index is 1310. The summed E-state index contributed by atoms with van der Waals surface area (Å²) in [5.74, 6) is 2.72. The van der Waals surface area contributed by atoms with Gasteiger partial charge >= 0.3 is 0 Å². The highest BCUT2D eigenvalue weighted by Gasteiger charge is 2.28. The SMILES string of the molecule is CCCc1ccc(C2=Cc3cc(C)c4c(c3OC2)C=CC(C)(C)O4)c(OCc2ccc(C)cc2)c1. The standard InChI is InChI=1S/C32H34O3/c1-6-7-23-12-13-27(29(17-23)33-19-24-10-8-21(2)9-11-24)26-18-25-16-22(3)30-28(31(25)34-20-26)14-15-32(4,5)35-30/h8-18H,6-7,19-20H2,1-5H3. The van der Waals surface area contributed by atoms with Gasteiger partial charge in [-0.25, -0.2) is 0 Å². The number of aryl methyl sites for hydroxylation is 3. The summed E-state index contributed by atoms with van der Waals surface area (Å²) in [6, 6.07) is 17.3. The summed E-state index contributed by atoms with van der Waals surface area (Å²) in [6.45, 7) is 11.6. The van der Waals surface area contributed by atoms with Crippen LogP contribution in [-0.4, -0.2) is 12.2 Å². The fourth-order valence-corrected chi connectivity index (χ4v) is 4.75. The molecule has 0 spiro atoms. The van der Waals surface area contributed by atoms with E-state index < -0.39 is 0 Å². The molecule has 0 saturated heterocycles. The number of hydrogen-bond acceptors (Lipinski definition) is 3. The molecule has 0 fully saturated rings. The Labute approximate surface area is 209 Å². The second-order valence-corrected chi connectivity index (χ2v) is 10.2. The summed E-state index contributed by atoms with van der Waals surface area (Å²) < 4.78 is 19.0. The topological polar surface area (TPSA) is 27.7 Å². The van der Waals surface area contributed by atoms with E-state index in [-0.39, 0.29) is 5.60 Å². The minimum absolute atomic E-state index is 0.314. The Morgan fingerprint density at radius 2 is 1.71 bits per heavy atom. The molecule has 3 heteroatoms. The maximum atomic E-state index is 6.40. The zero-order chi connectivity index (χ0) is 24.6. The van der Waals surface area contributed by atoms with Crippen molar-refractivity contribution < 1.29 is 14.2 Å². The molecule has 0 saturated carbocycles. The molecule has 0 bridgehead atoms. The monoisotopic (exact) mass is 466 g/mol. The van der Waals surface area contributed by atoms with Crippen LogP contribution in [0.25, 0.3) is 17.7 Å². The van der Waals surface area contributed by atoms with Crippen LogP contribution in [0.2, 0.25) is 0 Å². The fourth-order valence-electron chi connectivity index (χ4n) is 4.75. The van der Waals surface area contributed by atoms with Crippen LogP contribution in [0.4, 0.5) is 0 Å². The van der Waals surface area contributed by atoms with Crippen molar-refractivity contribution in [2.24, 2.45) is 0 Å². The molecular formula is C32H34O3. The third kappa shape index (κ3) is 4.86. The van der Waals surface area contributed by atoms with Gasteiger partial charge in [0, 0.05) is 16.7 Å². The van der Waals surface area contributed by atoms with Gasteiger partial charge < -0.3 is 14.2 Å². The van der Waals surface area contributed by atoms with Crippen LogP contribution in [0, 0.1) is 13.8 Å². The van der Waals surface area contributed by atoms with E-state index in [0.29, 0.717) is 13.2 Å². The Balaban J connectivity index is 1.50. The molecule has 2 aliphatic heterocycles. The van der Waals surface area contributed by atoms with Crippen LogP contribution in [0.1, 0.15) is 66.1 Å². The van der Waals surface area contributed by atoms with Crippen molar-refractivity contribution in [3.05, 3.63) is 93.6 Å². The lowest BCUT2D eigenvalue weighted by molar-refractivity contribution is 0.157. The van der Waals surface area contributed by atoms with E-state index in [1.54, 1.807) is 0 Å². The van der Waals surface area contributed by atoms with E-state index in [1.165, 1.54) is 16.7 Å². The van der Waals surface area contributed by atoms with Crippen LogP contribution in [0.3, 0.4) is 0 Å². The molecule has 0 atom stereocenters. The van der Waals surface area contributed by atoms with Crippen LogP contribution in [0.5, 0.6) is 17.2 Å². The molecule has 0 radical (unpaired) electrons. The highest BCUT2D eigenvalue weighted by Crippen LogP contribution is 2.45. The first kappa shape index (κ1) is 23.3. The normalized spacial score (nSPS) is 15.4. The van der Waals surface area contributed by atoms with E-state index in [1.807, 2.05) is 0 Å². The van der Waals surface area contributed by atoms with Gasteiger partial charge in [-0.1, -0.05) is 55.3 Å². The molecule has 5 rings (SSSR count). The highest BCUT2D eigenvalue weighted by molar-refractivity contribution is 5.90. The average molecular weight is 467 g/mol. The van der Waals surface area contributed by atoms with Crippen molar-refractivity contribution in [2.75, 3.05) is 6.61 Å². The largest absolute Gasteiger partial charge is 0.488 e. The molecule has 0 aromatic heterocycles. The number of rotatable bonds is 6. The number of fused-ring (bicyclic) bond motifs is 3. The van der Waals surface area contributed by atoms with Crippen LogP contribution in [0.15, 0.2) is 54.6 Å². The molecule has 0 amide bonds. The van der Waals surface area contributed by atoms with E-state index >= 15 is 0 Å². The second-order valence-electron chi connectivity index (χ2n) is 10.2. The maximum absolute atomic E-state index is 6.40. The summed E-state index contributed by atoms with van der Waals surface area (Å²) in [5.41, 5.74) is 8.84. The smallest absolute Gasteiger partial charge is 0.138 e. The van der Waals surface area contributed by atoms with E-state index in [4.69, 9.17) is 14.2 Å². The summed E-state index contributed by atoms with van der Waals surface area (Å²) in [5, 5.41) is 0. The minimum Gasteiger partial charge on any atom is -0.488 e. The van der Waals surface area contributed by atoms with E-state index in [9.17, 15) is 0 Å². The molecule has 35 heavy (non-hydrogen) atoms. The van der Waals surface area contributed by atoms with Gasteiger partial charge in [0.15, 0.2) is 0 Å². The van der Waals surface area contributed by atoms with Crippen molar-refractivity contribution in [3.63, 3.8) is 0 Å². The lowest BCUT2D eigenvalue weighted by Crippen LogP contribution is -2.28. The number of benzene rings is 3. The first-order valence-corrected chi connectivity index (χ1v) is 12.5. The van der Waals surface area contributed by atoms with Crippen molar-refractivity contribution in [2.45, 2.75) is 59.7 Å². The van der Waals surface area contributed by atoms with Gasteiger partial charge in [0.2, 0.25) is 0 Å². The molecule has 0 N–H and O–H groups in total. The summed E-state index contributed by atoms with van der Waals surface area (Å²) in [6.07, 6.45) is 8.62. The van der Waals surface area contributed by atoms with Crippen molar-refractivity contribution in [1.82, 2.24) is 0 Å². The molecule has 3 aromatic rings. The molecule has 180 valence electrons. The van der Waals surface area contributed by atoms with Crippen molar-refractivity contribution >= 4 is 17.7 Å². The third-order valence-electron chi connectivity index (χ3n) is 6.65. The van der Waals surface area contributed by atoms with Crippen molar-refractivity contribution in [1.29, 1.82) is 0 Å². The van der Waals surface area contributed by atoms with Gasteiger partial charge in [-0.15, -0.1) is 0 Å². The van der Waals surface area contributed by atoms with Gasteiger partial charge in [-0.2, -0.15) is 0 Å². The summed E-state index contributed by atoms with van der Waals surface area (Å²) in [7, 11) is 0. The molecule has 3 nitrogen and oxygen atoms in total. The van der Waals surface area contributed by atoms with Gasteiger partial charge in [-0.3, -0.25) is 0 Å². The molecule has 3 aromatic carbocycles.